The highest BCUT2D eigenvalue weighted by molar-refractivity contribution is 8.00. The molecule has 0 bridgehead atoms. The summed E-state index contributed by atoms with van der Waals surface area (Å²) in [6.07, 6.45) is 8.93. The molecule has 2 saturated carbocycles. The maximum atomic E-state index is 12.4. The van der Waals surface area contributed by atoms with Gasteiger partial charge in [0.1, 0.15) is 11.3 Å². The van der Waals surface area contributed by atoms with Crippen LogP contribution >= 0.6 is 11.8 Å². The quantitative estimate of drug-likeness (QED) is 0.695. The molecule has 0 spiro atoms. The number of hydrogen-bond donors (Lipinski definition) is 1. The number of rotatable bonds is 6. The number of aryl methyl sites for hydroxylation is 1. The van der Waals surface area contributed by atoms with Gasteiger partial charge in [-0.15, -0.1) is 11.8 Å². The van der Waals surface area contributed by atoms with Crippen molar-refractivity contribution in [1.29, 1.82) is 0 Å². The van der Waals surface area contributed by atoms with Crippen LogP contribution in [0.3, 0.4) is 0 Å². The molecule has 0 saturated heterocycles. The number of nitrogens with one attached hydrogen (secondary N) is 1. The number of hydrogen-bond acceptors (Lipinski definition) is 3. The van der Waals surface area contributed by atoms with Crippen LogP contribution in [-0.2, 0) is 7.05 Å². The van der Waals surface area contributed by atoms with Crippen LogP contribution in [-0.4, -0.2) is 21.4 Å². The third-order valence-electron chi connectivity index (χ3n) is 5.13. The number of aromatic nitrogens is 2. The number of H-pyrrole nitrogens is 1. The molecule has 1 aromatic carbocycles. The highest BCUT2D eigenvalue weighted by Crippen LogP contribution is 2.43. The highest BCUT2D eigenvalue weighted by atomic mass is 32.2. The van der Waals surface area contributed by atoms with E-state index in [0.29, 0.717) is 11.4 Å². The van der Waals surface area contributed by atoms with Crippen molar-refractivity contribution < 1.29 is 4.74 Å². The van der Waals surface area contributed by atoms with Gasteiger partial charge in [-0.1, -0.05) is 0 Å². The van der Waals surface area contributed by atoms with Crippen molar-refractivity contribution >= 4 is 22.7 Å². The molecule has 5 heteroatoms. The summed E-state index contributed by atoms with van der Waals surface area (Å²) in [5, 5.41) is 1.71. The minimum absolute atomic E-state index is 0.00212. The fraction of sp³-hybridized carbons (Fsp3) is 0.381. The van der Waals surface area contributed by atoms with Crippen LogP contribution in [0.4, 0.5) is 0 Å². The van der Waals surface area contributed by atoms with Gasteiger partial charge in [-0.3, -0.25) is 4.79 Å². The second-order valence-electron chi connectivity index (χ2n) is 7.45. The Morgan fingerprint density at radius 1 is 1.19 bits per heavy atom. The Labute approximate surface area is 156 Å². The lowest BCUT2D eigenvalue weighted by Gasteiger charge is -2.15. The van der Waals surface area contributed by atoms with E-state index in [1.54, 1.807) is 11.6 Å². The second-order valence-corrected chi connectivity index (χ2v) is 8.83. The first-order chi connectivity index (χ1) is 12.7. The molecule has 2 fully saturated rings. The Bertz CT molecular complexity index is 1030. The molecule has 1 N–H and O–H groups in total. The van der Waals surface area contributed by atoms with Gasteiger partial charge in [0.25, 0.3) is 5.56 Å². The van der Waals surface area contributed by atoms with Crippen LogP contribution in [0, 0.1) is 5.92 Å². The number of aromatic amines is 1. The molecule has 0 aliphatic heterocycles. The van der Waals surface area contributed by atoms with Gasteiger partial charge in [-0.05, 0) is 55.9 Å². The molecule has 0 atom stereocenters. The van der Waals surface area contributed by atoms with Crippen molar-refractivity contribution in [1.82, 2.24) is 9.55 Å². The molecule has 2 aliphatic rings. The molecule has 2 heterocycles. The van der Waals surface area contributed by atoms with Gasteiger partial charge < -0.3 is 14.3 Å². The maximum absolute atomic E-state index is 12.4. The van der Waals surface area contributed by atoms with Gasteiger partial charge in [0, 0.05) is 46.1 Å². The zero-order valence-corrected chi connectivity index (χ0v) is 15.6. The van der Waals surface area contributed by atoms with E-state index in [4.69, 9.17) is 4.74 Å². The van der Waals surface area contributed by atoms with E-state index in [-0.39, 0.29) is 5.56 Å². The van der Waals surface area contributed by atoms with Crippen molar-refractivity contribution in [3.63, 3.8) is 0 Å². The molecule has 0 radical (unpaired) electrons. The maximum Gasteiger partial charge on any atom is 0.274 e. The topological polar surface area (TPSA) is 47.0 Å². The summed E-state index contributed by atoms with van der Waals surface area (Å²) in [5.74, 6) is 1.62. The summed E-state index contributed by atoms with van der Waals surface area (Å²) in [5.41, 5.74) is 2.78. The summed E-state index contributed by atoms with van der Waals surface area (Å²) in [7, 11) is 1.81. The fourth-order valence-corrected chi connectivity index (χ4v) is 4.36. The number of ether oxygens (including phenoxy) is 1. The molecule has 5 rings (SSSR count). The van der Waals surface area contributed by atoms with Gasteiger partial charge >= 0.3 is 0 Å². The molecule has 0 unspecified atom stereocenters. The fourth-order valence-electron chi connectivity index (χ4n) is 3.27. The molecule has 3 aromatic rings. The first kappa shape index (κ1) is 16.1. The first-order valence-corrected chi connectivity index (χ1v) is 10.2. The van der Waals surface area contributed by atoms with Crippen LogP contribution in [0.15, 0.2) is 46.3 Å². The van der Waals surface area contributed by atoms with Gasteiger partial charge in [-0.2, -0.15) is 0 Å². The van der Waals surface area contributed by atoms with Gasteiger partial charge in [0.05, 0.1) is 6.61 Å². The average molecular weight is 366 g/mol. The zero-order valence-electron chi connectivity index (χ0n) is 14.8. The van der Waals surface area contributed by atoms with Crippen LogP contribution in [0.5, 0.6) is 5.75 Å². The molecule has 4 nitrogen and oxygen atoms in total. The van der Waals surface area contributed by atoms with Crippen molar-refractivity contribution in [2.75, 3.05) is 6.61 Å². The van der Waals surface area contributed by atoms with Gasteiger partial charge in [0.15, 0.2) is 0 Å². The SMILES string of the molecule is Cn1cc(-c2cc(SC3CC3)ccc2OCC2CC2)c2cc[nH]c2c1=O. The van der Waals surface area contributed by atoms with E-state index in [2.05, 4.69) is 23.2 Å². The summed E-state index contributed by atoms with van der Waals surface area (Å²) in [6.45, 7) is 0.782. The molecular formula is C21H22N2O2S. The normalized spacial score (nSPS) is 17.0. The Morgan fingerprint density at radius 2 is 2.04 bits per heavy atom. The Morgan fingerprint density at radius 3 is 2.81 bits per heavy atom. The molecule has 2 aromatic heterocycles. The molecule has 0 amide bonds. The van der Waals surface area contributed by atoms with E-state index in [9.17, 15) is 4.79 Å². The third kappa shape index (κ3) is 3.05. The first-order valence-electron chi connectivity index (χ1n) is 9.29. The molecule has 2 aliphatic carbocycles. The molecular weight excluding hydrogens is 344 g/mol. The smallest absolute Gasteiger partial charge is 0.274 e. The lowest BCUT2D eigenvalue weighted by molar-refractivity contribution is 0.301. The lowest BCUT2D eigenvalue weighted by Crippen LogP contribution is -2.16. The monoisotopic (exact) mass is 366 g/mol. The van der Waals surface area contributed by atoms with Crippen molar-refractivity contribution in [2.45, 2.75) is 35.8 Å². The standard InChI is InChI=1S/C21H22N2O2S/c1-23-11-18(16-8-9-22-20(16)21(23)24)17-10-15(26-14-4-5-14)6-7-19(17)25-12-13-2-3-13/h6-11,13-14,22H,2-5,12H2,1H3. The van der Waals surface area contributed by atoms with E-state index < -0.39 is 0 Å². The largest absolute Gasteiger partial charge is 0.493 e. The molecule has 26 heavy (non-hydrogen) atoms. The zero-order chi connectivity index (χ0) is 17.7. The predicted molar refractivity (Wildman–Crippen MR) is 106 cm³/mol. The number of thioether (sulfide) groups is 1. The Kier molecular flexibility index (Phi) is 3.85. The van der Waals surface area contributed by atoms with Crippen LogP contribution in [0.2, 0.25) is 0 Å². The van der Waals surface area contributed by atoms with E-state index in [1.165, 1.54) is 30.6 Å². The van der Waals surface area contributed by atoms with E-state index >= 15 is 0 Å². The highest BCUT2D eigenvalue weighted by Gasteiger charge is 2.25. The summed E-state index contributed by atoms with van der Waals surface area (Å²) in [6, 6.07) is 8.49. The summed E-state index contributed by atoms with van der Waals surface area (Å²) < 4.78 is 7.83. The number of benzene rings is 1. The number of pyridine rings is 1. The average Bonchev–Trinajstić information content (AvgIpc) is 3.57. The summed E-state index contributed by atoms with van der Waals surface area (Å²) >= 11 is 1.95. The van der Waals surface area contributed by atoms with Crippen molar-refractivity contribution in [3.8, 4) is 16.9 Å². The second kappa shape index (κ2) is 6.23. The lowest BCUT2D eigenvalue weighted by atomic mass is 10.0. The van der Waals surface area contributed by atoms with Crippen molar-refractivity contribution in [2.24, 2.45) is 13.0 Å². The van der Waals surface area contributed by atoms with Crippen molar-refractivity contribution in [3.05, 3.63) is 47.0 Å². The third-order valence-corrected chi connectivity index (χ3v) is 6.46. The Balaban J connectivity index is 1.63. The predicted octanol–water partition coefficient (Wildman–Crippen LogP) is 4.58. The summed E-state index contributed by atoms with van der Waals surface area (Å²) in [4.78, 5) is 16.8. The van der Waals surface area contributed by atoms with Crippen LogP contribution in [0.1, 0.15) is 25.7 Å². The van der Waals surface area contributed by atoms with E-state index in [0.717, 1.165) is 34.1 Å². The van der Waals surface area contributed by atoms with Crippen LogP contribution in [0.25, 0.3) is 22.0 Å². The Hall–Kier alpha value is -2.14. The minimum atomic E-state index is -0.00212. The van der Waals surface area contributed by atoms with Gasteiger partial charge in [0.2, 0.25) is 0 Å². The van der Waals surface area contributed by atoms with Gasteiger partial charge in [-0.25, -0.2) is 0 Å². The minimum Gasteiger partial charge on any atom is -0.493 e. The molecule has 134 valence electrons. The van der Waals surface area contributed by atoms with Crippen LogP contribution < -0.4 is 10.3 Å². The van der Waals surface area contributed by atoms with E-state index in [1.807, 2.05) is 30.2 Å². The number of fused-ring (bicyclic) bond motifs is 1. The number of nitrogens with zero attached hydrogens (tertiary/aromatic N) is 1.